The maximum Gasteiger partial charge on any atom is 0.318 e. The molecule has 0 spiro atoms. The molecule has 0 fully saturated rings. The third-order valence-corrected chi connectivity index (χ3v) is 30.9. The van der Waals surface area contributed by atoms with Crippen LogP contribution in [0, 0.1) is 16.2 Å². The van der Waals surface area contributed by atoms with Crippen molar-refractivity contribution in [1.82, 2.24) is 0 Å². The van der Waals surface area contributed by atoms with Crippen molar-refractivity contribution < 1.29 is 51.9 Å². The van der Waals surface area contributed by atoms with Gasteiger partial charge in [-0.3, -0.25) is 14.4 Å². The van der Waals surface area contributed by atoms with Crippen molar-refractivity contribution in [2.45, 2.75) is 232 Å². The smallest absolute Gasteiger partial charge is 0.318 e. The van der Waals surface area contributed by atoms with Gasteiger partial charge in [-0.05, 0) is 70.0 Å². The van der Waals surface area contributed by atoms with Crippen LogP contribution < -0.4 is 0 Å². The van der Waals surface area contributed by atoms with Crippen LogP contribution in [0.4, 0.5) is 0 Å². The van der Waals surface area contributed by atoms with Gasteiger partial charge in [-0.25, -0.2) is 0 Å². The normalized spacial score (nSPS) is 21.1. The van der Waals surface area contributed by atoms with Gasteiger partial charge in [0.05, 0.1) is 43.8 Å². The predicted molar refractivity (Wildman–Crippen MR) is 293 cm³/mol. The van der Waals surface area contributed by atoms with E-state index in [9.17, 15) is 24.6 Å². The Hall–Kier alpha value is 0.110. The Morgan fingerprint density at radius 1 is 0.426 bits per heavy atom. The van der Waals surface area contributed by atoms with Crippen molar-refractivity contribution in [3.05, 3.63) is 0 Å². The molecule has 2 aliphatic heterocycles. The molecule has 2 atom stereocenters. The Labute approximate surface area is 424 Å². The number of aliphatic hydroxyl groups is 2. The molecule has 0 aromatic carbocycles. The topological polar surface area (TPSA) is 147 Å². The number of unbranched alkanes of at least 4 members (excludes halogenated alkanes) is 24. The van der Waals surface area contributed by atoms with Crippen molar-refractivity contribution in [2.75, 3.05) is 59.5 Å². The standard InChI is InChI=1S/C51H98O11P4S2/c1-7-10-12-14-16-18-20-22-24-26-28-30-32-34-44-63-67(64-44)61-42-49(4,38-52)46(54)59-40-51(6,48(56)58-37-36-57-9-3)41-60-47(55)50(5,39-53)43-62-68-65-45(66-68)35-33-31-29-27-25-23-21-19-17-15-13-11-8-2/h44-45,52-53,67-68H,7-43H2,1-6H3. The van der Waals surface area contributed by atoms with E-state index >= 15 is 0 Å². The van der Waals surface area contributed by atoms with Crippen LogP contribution in [-0.4, -0.2) is 98.4 Å². The number of esters is 3. The van der Waals surface area contributed by atoms with Crippen LogP contribution in [0.3, 0.4) is 0 Å². The first-order chi connectivity index (χ1) is 32.9. The summed E-state index contributed by atoms with van der Waals surface area (Å²) in [4.78, 5) is 40.5. The molecule has 2 unspecified atom stereocenters. The summed E-state index contributed by atoms with van der Waals surface area (Å²) in [7, 11) is 3.68. The summed E-state index contributed by atoms with van der Waals surface area (Å²) in [5.41, 5.74) is -4.26. The van der Waals surface area contributed by atoms with Crippen LogP contribution in [0.25, 0.3) is 0 Å². The fourth-order valence-corrected chi connectivity index (χ4v) is 22.6. The molecule has 2 rings (SSSR count). The number of ether oxygens (including phenoxy) is 4. The van der Waals surface area contributed by atoms with E-state index in [1.807, 2.05) is 6.92 Å². The second-order valence-electron chi connectivity index (χ2n) is 20.0. The second kappa shape index (κ2) is 39.6. The number of hydrogen-bond acceptors (Lipinski definition) is 11. The van der Waals surface area contributed by atoms with E-state index in [1.165, 1.54) is 216 Å². The van der Waals surface area contributed by atoms with Gasteiger partial charge in [0.25, 0.3) is 0 Å². The number of thiol groups is 2. The number of carbonyl (C=O) groups excluding carboxylic acids is 3. The fraction of sp³-hybridized carbons (Fsp3) is 0.941. The summed E-state index contributed by atoms with van der Waals surface area (Å²) in [6, 6.07) is 0. The summed E-state index contributed by atoms with van der Waals surface area (Å²) >= 11 is 0. The number of hydrogen-bond donors (Lipinski definition) is 4. The van der Waals surface area contributed by atoms with Crippen molar-refractivity contribution >= 4 is 66.4 Å². The molecule has 0 aliphatic carbocycles. The van der Waals surface area contributed by atoms with E-state index in [0.717, 1.165) is 0 Å². The van der Waals surface area contributed by atoms with Crippen molar-refractivity contribution in [3.63, 3.8) is 0 Å². The highest BCUT2D eigenvalue weighted by Crippen LogP contribution is 2.42. The maximum absolute atomic E-state index is 13.5. The molecule has 0 aromatic rings. The highest BCUT2D eigenvalue weighted by molar-refractivity contribution is 8.41. The minimum Gasteiger partial charge on any atom is -0.464 e. The first-order valence-electron chi connectivity index (χ1n) is 26.9. The van der Waals surface area contributed by atoms with Gasteiger partial charge >= 0.3 is 17.9 Å². The van der Waals surface area contributed by atoms with Crippen LogP contribution >= 0.6 is 29.4 Å². The minimum absolute atomic E-state index is 0.000436. The van der Waals surface area contributed by atoms with E-state index in [0.29, 0.717) is 17.4 Å². The van der Waals surface area contributed by atoms with Crippen LogP contribution in [0.1, 0.15) is 221 Å². The van der Waals surface area contributed by atoms with E-state index in [-0.39, 0.29) is 26.4 Å². The van der Waals surface area contributed by atoms with Gasteiger partial charge in [0.2, 0.25) is 0 Å². The minimum atomic E-state index is -1.57. The Morgan fingerprint density at radius 3 is 1.04 bits per heavy atom. The van der Waals surface area contributed by atoms with Gasteiger partial charge in [0, 0.05) is 6.61 Å². The van der Waals surface area contributed by atoms with Crippen molar-refractivity contribution in [2.24, 2.45) is 16.2 Å². The van der Waals surface area contributed by atoms with Gasteiger partial charge in [-0.2, -0.15) is 0 Å². The van der Waals surface area contributed by atoms with E-state index < -0.39 is 79.6 Å². The fourth-order valence-electron chi connectivity index (χ4n) is 7.73. The molecule has 0 aromatic heterocycles. The molecule has 0 saturated heterocycles. The average molecular weight is 1080 g/mol. The highest BCUT2D eigenvalue weighted by atomic mass is 32.7. The van der Waals surface area contributed by atoms with E-state index in [2.05, 4.69) is 13.8 Å². The maximum atomic E-state index is 13.5. The molecule has 68 heavy (non-hydrogen) atoms. The number of aliphatic hydroxyl groups excluding tert-OH is 2. The molecule has 0 radical (unpaired) electrons. The van der Waals surface area contributed by atoms with Gasteiger partial charge in [0.15, 0.2) is 0 Å². The third kappa shape index (κ3) is 28.0. The Balaban J connectivity index is 1.76. The van der Waals surface area contributed by atoms with E-state index in [1.54, 1.807) is 13.8 Å². The monoisotopic (exact) mass is 1070 g/mol. The van der Waals surface area contributed by atoms with E-state index in [4.69, 9.17) is 27.3 Å². The van der Waals surface area contributed by atoms with Gasteiger partial charge < -0.3 is 37.5 Å². The molecule has 0 saturated carbocycles. The molecule has 2 aliphatic rings. The molecule has 0 bridgehead atoms. The first-order valence-corrected chi connectivity index (χ1v) is 36.1. The van der Waals surface area contributed by atoms with Gasteiger partial charge in [0.1, 0.15) is 36.1 Å². The second-order valence-corrected chi connectivity index (χ2v) is 34.8. The molecular formula is C51H98O11P4S2. The van der Waals surface area contributed by atoms with Gasteiger partial charge in [-0.15, -0.1) is 0 Å². The third-order valence-electron chi connectivity index (χ3n) is 12.9. The molecule has 17 heteroatoms. The molecular weight excluding hydrogens is 977 g/mol. The lowest BCUT2D eigenvalue weighted by Crippen LogP contribution is -2.46. The zero-order valence-corrected chi connectivity index (χ0v) is 48.9. The van der Waals surface area contributed by atoms with Crippen LogP contribution in [0.5, 0.6) is 0 Å². The summed E-state index contributed by atoms with van der Waals surface area (Å²) < 4.78 is 34.6. The van der Waals surface area contributed by atoms with Crippen LogP contribution in [-0.2, 0) is 60.8 Å². The lowest BCUT2D eigenvalue weighted by atomic mass is 9.90. The molecule has 11 nitrogen and oxygen atoms in total. The SMILES string of the molecule is CCCCCCCCCCCCCCCC1P=[SH](OCC(C)(CO)C(=O)OCC(C)(COC(=O)C(C)(CO)CO[SH]2=PC(CCCCCCCCCCCCCCC)P=2)C(=O)OCCOCC)=P1. The summed E-state index contributed by atoms with van der Waals surface area (Å²) in [5.74, 6) is -2.15. The average Bonchev–Trinajstić information content (AvgIpc) is 3.31. The Kier molecular flexibility index (Phi) is 37.4. The number of rotatable bonds is 47. The Bertz CT molecular complexity index is 1450. The lowest BCUT2D eigenvalue weighted by molar-refractivity contribution is -0.179. The van der Waals surface area contributed by atoms with Crippen molar-refractivity contribution in [3.8, 4) is 0 Å². The zero-order chi connectivity index (χ0) is 49.8. The predicted octanol–water partition coefficient (Wildman–Crippen LogP) is 14.3. The van der Waals surface area contributed by atoms with Crippen molar-refractivity contribution in [1.29, 1.82) is 0 Å². The summed E-state index contributed by atoms with van der Waals surface area (Å²) in [6.45, 7) is 9.79. The molecule has 400 valence electrons. The lowest BCUT2D eigenvalue weighted by Gasteiger charge is -2.31. The molecule has 0 amide bonds. The van der Waals surface area contributed by atoms with Crippen LogP contribution in [0.15, 0.2) is 0 Å². The van der Waals surface area contributed by atoms with Crippen LogP contribution in [0.2, 0.25) is 0 Å². The highest BCUT2D eigenvalue weighted by Gasteiger charge is 2.44. The summed E-state index contributed by atoms with van der Waals surface area (Å²) in [6.07, 6.45) is 37.4. The molecule has 2 heterocycles. The quantitative estimate of drug-likeness (QED) is 0.0152. The summed E-state index contributed by atoms with van der Waals surface area (Å²) in [5, 5.41) is 21.9. The van der Waals surface area contributed by atoms with Gasteiger partial charge in [-0.1, -0.05) is 200 Å². The number of carbonyl (C=O) groups is 3. The Morgan fingerprint density at radius 2 is 0.735 bits per heavy atom. The first kappa shape index (κ1) is 64.2. The molecule has 2 N–H and O–H groups in total. The zero-order valence-electron chi connectivity index (χ0n) is 43.6. The largest absolute Gasteiger partial charge is 0.464 e.